The molecule has 1 heterocycles. The molecule has 0 spiro atoms. The predicted octanol–water partition coefficient (Wildman–Crippen LogP) is 5.72. The second-order valence-corrected chi connectivity index (χ2v) is 8.24. The molecule has 1 N–H and O–H groups in total. The molecule has 0 aromatic heterocycles. The smallest absolute Gasteiger partial charge is 0.282 e. The lowest BCUT2D eigenvalue weighted by atomic mass is 10.0. The van der Waals surface area contributed by atoms with Gasteiger partial charge in [-0.25, -0.2) is 4.90 Å². The van der Waals surface area contributed by atoms with Crippen molar-refractivity contribution in [3.63, 3.8) is 0 Å². The Morgan fingerprint density at radius 1 is 0.788 bits per heavy atom. The number of aryl methyl sites for hydroxylation is 2. The van der Waals surface area contributed by atoms with E-state index in [-0.39, 0.29) is 17.5 Å². The van der Waals surface area contributed by atoms with E-state index >= 15 is 0 Å². The second-order valence-electron chi connectivity index (χ2n) is 8.24. The Morgan fingerprint density at radius 3 is 2.09 bits per heavy atom. The van der Waals surface area contributed by atoms with Crippen LogP contribution in [0.3, 0.4) is 0 Å². The minimum Gasteiger partial charge on any atom is -0.494 e. The van der Waals surface area contributed by atoms with Gasteiger partial charge in [-0.05, 0) is 86.7 Å². The number of hydrogen-bond acceptors (Lipinski definition) is 4. The molecule has 4 rings (SSSR count). The maximum absolute atomic E-state index is 13.7. The van der Waals surface area contributed by atoms with Crippen LogP contribution in [-0.2, 0) is 9.59 Å². The van der Waals surface area contributed by atoms with Crippen LogP contribution in [0.1, 0.15) is 34.7 Å². The maximum Gasteiger partial charge on any atom is 0.282 e. The highest BCUT2D eigenvalue weighted by Crippen LogP contribution is 2.36. The first-order valence-corrected chi connectivity index (χ1v) is 11.1. The fourth-order valence-electron chi connectivity index (χ4n) is 4.02. The van der Waals surface area contributed by atoms with Crippen LogP contribution in [0, 0.1) is 27.7 Å². The van der Waals surface area contributed by atoms with Crippen LogP contribution in [-0.4, -0.2) is 18.4 Å². The topological polar surface area (TPSA) is 58.6 Å². The van der Waals surface area contributed by atoms with Gasteiger partial charge in [-0.3, -0.25) is 9.59 Å². The van der Waals surface area contributed by atoms with Crippen molar-refractivity contribution in [3.05, 3.63) is 94.2 Å². The van der Waals surface area contributed by atoms with Crippen molar-refractivity contribution >= 4 is 28.8 Å². The monoisotopic (exact) mass is 440 g/mol. The van der Waals surface area contributed by atoms with Gasteiger partial charge >= 0.3 is 0 Å². The van der Waals surface area contributed by atoms with Gasteiger partial charge in [0.05, 0.1) is 17.9 Å². The third-order valence-corrected chi connectivity index (χ3v) is 6.22. The Kier molecular flexibility index (Phi) is 6.05. The van der Waals surface area contributed by atoms with Crippen LogP contribution in [0.2, 0.25) is 0 Å². The summed E-state index contributed by atoms with van der Waals surface area (Å²) in [6.07, 6.45) is 0. The van der Waals surface area contributed by atoms with Crippen LogP contribution < -0.4 is 15.0 Å². The summed E-state index contributed by atoms with van der Waals surface area (Å²) in [5.74, 6) is 0.0122. The zero-order valence-electron chi connectivity index (χ0n) is 19.7. The van der Waals surface area contributed by atoms with Crippen molar-refractivity contribution < 1.29 is 14.3 Å². The molecule has 0 aliphatic carbocycles. The molecule has 0 saturated carbocycles. The second kappa shape index (κ2) is 8.94. The lowest BCUT2D eigenvalue weighted by Crippen LogP contribution is -2.33. The van der Waals surface area contributed by atoms with Gasteiger partial charge in [-0.2, -0.15) is 0 Å². The number of nitrogens with zero attached hydrogens (tertiary/aromatic N) is 1. The molecule has 3 aromatic rings. The predicted molar refractivity (Wildman–Crippen MR) is 132 cm³/mol. The first kappa shape index (κ1) is 22.3. The molecule has 0 bridgehead atoms. The minimum atomic E-state index is -0.363. The molecule has 5 heteroatoms. The zero-order chi connectivity index (χ0) is 23.7. The van der Waals surface area contributed by atoms with E-state index in [1.54, 1.807) is 0 Å². The summed E-state index contributed by atoms with van der Waals surface area (Å²) in [6, 6.07) is 18.8. The van der Waals surface area contributed by atoms with E-state index in [4.69, 9.17) is 4.74 Å². The fraction of sp³-hybridized carbons (Fsp3) is 0.214. The molecule has 33 heavy (non-hydrogen) atoms. The van der Waals surface area contributed by atoms with Gasteiger partial charge in [0.2, 0.25) is 0 Å². The summed E-state index contributed by atoms with van der Waals surface area (Å²) in [7, 11) is 0. The highest BCUT2D eigenvalue weighted by Gasteiger charge is 2.41. The van der Waals surface area contributed by atoms with Crippen LogP contribution in [0.25, 0.3) is 5.57 Å². The summed E-state index contributed by atoms with van der Waals surface area (Å²) < 4.78 is 5.55. The number of nitrogens with one attached hydrogen (secondary N) is 1. The molecule has 168 valence electrons. The SMILES string of the molecule is CCOc1ccc(C2=C(Nc3cccc(C)c3C)C(=O)N(c3cccc(C)c3C)C2=O)cc1. The van der Waals surface area contributed by atoms with Crippen LogP contribution in [0.4, 0.5) is 11.4 Å². The Hall–Kier alpha value is -3.86. The molecule has 0 saturated heterocycles. The molecule has 0 atom stereocenters. The van der Waals surface area contributed by atoms with Gasteiger partial charge in [-0.1, -0.05) is 36.4 Å². The average molecular weight is 441 g/mol. The fourth-order valence-corrected chi connectivity index (χ4v) is 4.02. The number of carbonyl (C=O) groups excluding carboxylic acids is 2. The largest absolute Gasteiger partial charge is 0.494 e. The molecule has 0 unspecified atom stereocenters. The Balaban J connectivity index is 1.85. The van der Waals surface area contributed by atoms with E-state index in [1.165, 1.54) is 4.90 Å². The molecular formula is C28H28N2O3. The van der Waals surface area contributed by atoms with E-state index in [9.17, 15) is 9.59 Å². The molecule has 1 aliphatic rings. The van der Waals surface area contributed by atoms with Gasteiger partial charge in [0.1, 0.15) is 11.4 Å². The van der Waals surface area contributed by atoms with E-state index in [2.05, 4.69) is 5.32 Å². The van der Waals surface area contributed by atoms with E-state index in [0.29, 0.717) is 29.2 Å². The Labute approximate surface area is 194 Å². The van der Waals surface area contributed by atoms with Crippen LogP contribution in [0.5, 0.6) is 5.75 Å². The average Bonchev–Trinajstić information content (AvgIpc) is 3.04. The van der Waals surface area contributed by atoms with Gasteiger partial charge < -0.3 is 10.1 Å². The highest BCUT2D eigenvalue weighted by atomic mass is 16.5. The maximum atomic E-state index is 13.7. The molecule has 2 amide bonds. The highest BCUT2D eigenvalue weighted by molar-refractivity contribution is 6.46. The normalized spacial score (nSPS) is 13.7. The molecular weight excluding hydrogens is 412 g/mol. The number of benzene rings is 3. The summed E-state index contributed by atoms with van der Waals surface area (Å²) in [6.45, 7) is 10.4. The van der Waals surface area contributed by atoms with Crippen LogP contribution in [0.15, 0.2) is 66.4 Å². The first-order chi connectivity index (χ1) is 15.8. The third kappa shape index (κ3) is 4.02. The van der Waals surface area contributed by atoms with E-state index < -0.39 is 0 Å². The zero-order valence-corrected chi connectivity index (χ0v) is 19.7. The van der Waals surface area contributed by atoms with Crippen molar-refractivity contribution in [1.82, 2.24) is 0 Å². The Morgan fingerprint density at radius 2 is 1.42 bits per heavy atom. The third-order valence-electron chi connectivity index (χ3n) is 6.22. The van der Waals surface area contributed by atoms with Crippen LogP contribution >= 0.6 is 0 Å². The van der Waals surface area contributed by atoms with Gasteiger partial charge in [0.25, 0.3) is 11.8 Å². The number of carbonyl (C=O) groups is 2. The summed E-state index contributed by atoms with van der Waals surface area (Å²) in [4.78, 5) is 28.7. The first-order valence-electron chi connectivity index (χ1n) is 11.1. The standard InChI is InChI=1S/C28H28N2O3/c1-6-33-22-15-13-21(14-16-22)25-26(29-23-11-7-9-17(2)19(23)4)28(32)30(27(25)31)24-12-8-10-18(3)20(24)5/h7-16,29H,6H2,1-5H3. The number of imide groups is 1. The van der Waals surface area contributed by atoms with Crippen molar-refractivity contribution in [2.24, 2.45) is 0 Å². The molecule has 0 radical (unpaired) electrons. The Bertz CT molecular complexity index is 1270. The molecule has 1 aliphatic heterocycles. The van der Waals surface area contributed by atoms with Crippen molar-refractivity contribution in [1.29, 1.82) is 0 Å². The lowest BCUT2D eigenvalue weighted by Gasteiger charge is -2.19. The molecule has 0 fully saturated rings. The van der Waals surface area contributed by atoms with Crippen molar-refractivity contribution in [3.8, 4) is 5.75 Å². The van der Waals surface area contributed by atoms with Gasteiger partial charge in [0.15, 0.2) is 0 Å². The molecule has 3 aromatic carbocycles. The minimum absolute atomic E-state index is 0.277. The number of rotatable bonds is 6. The van der Waals surface area contributed by atoms with Gasteiger partial charge in [0, 0.05) is 5.69 Å². The summed E-state index contributed by atoms with van der Waals surface area (Å²) >= 11 is 0. The van der Waals surface area contributed by atoms with E-state index in [1.807, 2.05) is 95.3 Å². The number of anilines is 2. The lowest BCUT2D eigenvalue weighted by molar-refractivity contribution is -0.120. The van der Waals surface area contributed by atoms with E-state index in [0.717, 1.165) is 27.9 Å². The summed E-state index contributed by atoms with van der Waals surface area (Å²) in [5.41, 5.74) is 6.75. The number of amides is 2. The summed E-state index contributed by atoms with van der Waals surface area (Å²) in [5, 5.41) is 3.29. The number of ether oxygens (including phenoxy) is 1. The number of hydrogen-bond donors (Lipinski definition) is 1. The van der Waals surface area contributed by atoms with Crippen molar-refractivity contribution in [2.75, 3.05) is 16.8 Å². The quantitative estimate of drug-likeness (QED) is 0.499. The molecule has 5 nitrogen and oxygen atoms in total. The van der Waals surface area contributed by atoms with Crippen molar-refractivity contribution in [2.45, 2.75) is 34.6 Å². The van der Waals surface area contributed by atoms with Gasteiger partial charge in [-0.15, -0.1) is 0 Å².